The Morgan fingerprint density at radius 3 is 2.52 bits per heavy atom. The van der Waals surface area contributed by atoms with Crippen LogP contribution in [0.15, 0.2) is 12.1 Å². The highest BCUT2D eigenvalue weighted by molar-refractivity contribution is 7.90. The van der Waals surface area contributed by atoms with E-state index in [-0.39, 0.29) is 40.2 Å². The van der Waals surface area contributed by atoms with Gasteiger partial charge in [-0.1, -0.05) is 11.6 Å². The van der Waals surface area contributed by atoms with Gasteiger partial charge in [-0.2, -0.15) is 0 Å². The Hall–Kier alpha value is -1.88. The predicted molar refractivity (Wildman–Crippen MR) is 111 cm³/mol. The quantitative estimate of drug-likeness (QED) is 0.643. The lowest BCUT2D eigenvalue weighted by Gasteiger charge is -2.39. The van der Waals surface area contributed by atoms with Gasteiger partial charge < -0.3 is 15.1 Å². The zero-order valence-corrected chi connectivity index (χ0v) is 18.2. The van der Waals surface area contributed by atoms with Gasteiger partial charge in [0.05, 0.1) is 33.4 Å². The molecule has 4 rings (SSSR count). The molecule has 1 saturated heterocycles. The SMILES string of the molecule is O=S1(=O)Cc2nc(-c3cc(F)c(Cl)cc3F)nc(N3CCC(O)(CCCO)CC3)c2C1. The first-order valence-electron chi connectivity index (χ1n) is 9.94. The van der Waals surface area contributed by atoms with Crippen LogP contribution in [-0.2, 0) is 21.3 Å². The van der Waals surface area contributed by atoms with Crippen molar-refractivity contribution in [2.24, 2.45) is 0 Å². The Kier molecular flexibility index (Phi) is 5.93. The zero-order valence-electron chi connectivity index (χ0n) is 16.6. The average molecular weight is 474 g/mol. The number of piperidine rings is 1. The Labute approximate surface area is 183 Å². The van der Waals surface area contributed by atoms with E-state index in [4.69, 9.17) is 16.7 Å². The fraction of sp³-hybridized carbons (Fsp3) is 0.500. The van der Waals surface area contributed by atoms with E-state index in [1.54, 1.807) is 0 Å². The smallest absolute Gasteiger partial charge is 0.164 e. The summed E-state index contributed by atoms with van der Waals surface area (Å²) >= 11 is 5.64. The fourth-order valence-corrected chi connectivity index (χ4v) is 5.78. The summed E-state index contributed by atoms with van der Waals surface area (Å²) < 4.78 is 53.0. The third-order valence-corrected chi connectivity index (χ3v) is 7.57. The van der Waals surface area contributed by atoms with E-state index in [9.17, 15) is 22.3 Å². The van der Waals surface area contributed by atoms with Crippen LogP contribution in [0.4, 0.5) is 14.6 Å². The number of aromatic nitrogens is 2. The Morgan fingerprint density at radius 1 is 1.13 bits per heavy atom. The van der Waals surface area contributed by atoms with E-state index in [2.05, 4.69) is 9.97 Å². The van der Waals surface area contributed by atoms with Crippen molar-refractivity contribution in [1.29, 1.82) is 0 Å². The molecule has 0 saturated carbocycles. The first-order valence-corrected chi connectivity index (χ1v) is 12.1. The third kappa shape index (κ3) is 4.52. The monoisotopic (exact) mass is 473 g/mol. The van der Waals surface area contributed by atoms with Crippen molar-refractivity contribution in [3.63, 3.8) is 0 Å². The largest absolute Gasteiger partial charge is 0.396 e. The molecular weight excluding hydrogens is 452 g/mol. The molecule has 0 spiro atoms. The number of halogens is 3. The van der Waals surface area contributed by atoms with E-state index in [1.807, 2.05) is 4.90 Å². The minimum absolute atomic E-state index is 0.00409. The predicted octanol–water partition coefficient (Wildman–Crippen LogP) is 2.61. The minimum atomic E-state index is -3.42. The van der Waals surface area contributed by atoms with Gasteiger partial charge in [0.1, 0.15) is 17.5 Å². The number of benzene rings is 1. The third-order valence-electron chi connectivity index (χ3n) is 5.84. The molecule has 11 heteroatoms. The lowest BCUT2D eigenvalue weighted by molar-refractivity contribution is 0.00248. The second-order valence-corrected chi connectivity index (χ2v) is 10.6. The molecule has 31 heavy (non-hydrogen) atoms. The molecule has 2 N–H and O–H groups in total. The normalized spacial score (nSPS) is 19.5. The molecule has 0 amide bonds. The maximum absolute atomic E-state index is 14.5. The second-order valence-electron chi connectivity index (χ2n) is 8.11. The van der Waals surface area contributed by atoms with Crippen LogP contribution in [0.1, 0.15) is 36.9 Å². The van der Waals surface area contributed by atoms with Gasteiger partial charge in [0, 0.05) is 25.3 Å². The molecule has 2 aliphatic rings. The molecule has 3 heterocycles. The molecule has 2 aliphatic heterocycles. The Balaban J connectivity index is 1.73. The number of aliphatic hydroxyl groups is 2. The summed E-state index contributed by atoms with van der Waals surface area (Å²) in [7, 11) is -3.42. The standard InChI is InChI=1S/C20H22ClF2N3O4S/c21-14-9-15(22)12(8-16(14)23)18-24-17-11-31(29,30)10-13(17)19(25-18)26-5-3-20(28,4-6-26)2-1-7-27/h8-9,27-28H,1-7,10-11H2. The number of sulfone groups is 1. The van der Waals surface area contributed by atoms with E-state index >= 15 is 0 Å². The van der Waals surface area contributed by atoms with Gasteiger partial charge in [-0.05, 0) is 37.8 Å². The Morgan fingerprint density at radius 2 is 1.84 bits per heavy atom. The van der Waals surface area contributed by atoms with Gasteiger partial charge in [0.25, 0.3) is 0 Å². The van der Waals surface area contributed by atoms with Crippen molar-refractivity contribution in [2.45, 2.75) is 42.8 Å². The molecular formula is C20H22ClF2N3O4S. The lowest BCUT2D eigenvalue weighted by Crippen LogP contribution is -2.45. The molecule has 2 aromatic rings. The average Bonchev–Trinajstić information content (AvgIpc) is 3.03. The van der Waals surface area contributed by atoms with Crippen molar-refractivity contribution in [3.05, 3.63) is 40.0 Å². The van der Waals surface area contributed by atoms with Gasteiger partial charge in [-0.15, -0.1) is 0 Å². The summed E-state index contributed by atoms with van der Waals surface area (Å²) in [6, 6.07) is 1.73. The Bertz CT molecular complexity index is 1120. The lowest BCUT2D eigenvalue weighted by atomic mass is 9.87. The van der Waals surface area contributed by atoms with Gasteiger partial charge in [0.2, 0.25) is 0 Å². The second kappa shape index (κ2) is 8.23. The van der Waals surface area contributed by atoms with Crippen LogP contribution in [0.25, 0.3) is 11.4 Å². The molecule has 0 unspecified atom stereocenters. The van der Waals surface area contributed by atoms with Crippen molar-refractivity contribution >= 4 is 27.3 Å². The number of rotatable bonds is 5. The summed E-state index contributed by atoms with van der Waals surface area (Å²) in [6.07, 6.45) is 1.78. The fourth-order valence-electron chi connectivity index (χ4n) is 4.13. The molecule has 1 aromatic heterocycles. The maximum Gasteiger partial charge on any atom is 0.164 e. The number of hydrogen-bond donors (Lipinski definition) is 2. The topological polar surface area (TPSA) is 104 Å². The van der Waals surface area contributed by atoms with Crippen molar-refractivity contribution in [3.8, 4) is 11.4 Å². The molecule has 0 radical (unpaired) electrons. The van der Waals surface area contributed by atoms with Crippen LogP contribution < -0.4 is 4.90 Å². The minimum Gasteiger partial charge on any atom is -0.396 e. The molecule has 0 bridgehead atoms. The van der Waals surface area contributed by atoms with Crippen LogP contribution >= 0.6 is 11.6 Å². The van der Waals surface area contributed by atoms with Gasteiger partial charge in [0.15, 0.2) is 15.7 Å². The number of aliphatic hydroxyl groups excluding tert-OH is 1. The molecule has 1 fully saturated rings. The highest BCUT2D eigenvalue weighted by Crippen LogP contribution is 2.37. The molecule has 0 aliphatic carbocycles. The van der Waals surface area contributed by atoms with Crippen LogP contribution in [0.2, 0.25) is 5.02 Å². The number of fused-ring (bicyclic) bond motifs is 1. The van der Waals surface area contributed by atoms with E-state index < -0.39 is 27.1 Å². The van der Waals surface area contributed by atoms with Crippen molar-refractivity contribution in [1.82, 2.24) is 9.97 Å². The van der Waals surface area contributed by atoms with Crippen molar-refractivity contribution in [2.75, 3.05) is 24.6 Å². The first-order chi connectivity index (χ1) is 14.6. The summed E-state index contributed by atoms with van der Waals surface area (Å²) in [5, 5.41) is 19.4. The number of anilines is 1. The number of hydrogen-bond acceptors (Lipinski definition) is 7. The van der Waals surface area contributed by atoms with E-state index in [0.717, 1.165) is 12.1 Å². The molecule has 168 valence electrons. The molecule has 7 nitrogen and oxygen atoms in total. The van der Waals surface area contributed by atoms with Gasteiger partial charge >= 0.3 is 0 Å². The summed E-state index contributed by atoms with van der Waals surface area (Å²) in [5.74, 6) is -1.91. The zero-order chi connectivity index (χ0) is 22.4. The van der Waals surface area contributed by atoms with Crippen LogP contribution in [0.3, 0.4) is 0 Å². The maximum atomic E-state index is 14.5. The summed E-state index contributed by atoms with van der Waals surface area (Å²) in [5.41, 5.74) is -0.377. The van der Waals surface area contributed by atoms with Crippen molar-refractivity contribution < 1.29 is 27.4 Å². The summed E-state index contributed by atoms with van der Waals surface area (Å²) in [4.78, 5) is 10.5. The van der Waals surface area contributed by atoms with E-state index in [0.29, 0.717) is 50.2 Å². The van der Waals surface area contributed by atoms with Crippen LogP contribution in [0.5, 0.6) is 0 Å². The van der Waals surface area contributed by atoms with Crippen LogP contribution in [0, 0.1) is 11.6 Å². The van der Waals surface area contributed by atoms with Crippen LogP contribution in [-0.4, -0.2) is 53.9 Å². The first kappa shape index (κ1) is 22.3. The highest BCUT2D eigenvalue weighted by atomic mass is 35.5. The highest BCUT2D eigenvalue weighted by Gasteiger charge is 2.36. The van der Waals surface area contributed by atoms with E-state index in [1.165, 1.54) is 0 Å². The van der Waals surface area contributed by atoms with Gasteiger partial charge in [-0.3, -0.25) is 0 Å². The summed E-state index contributed by atoms with van der Waals surface area (Å²) in [6.45, 7) is 0.806. The molecule has 0 atom stereocenters. The van der Waals surface area contributed by atoms with Gasteiger partial charge in [-0.25, -0.2) is 27.2 Å². The number of nitrogens with zero attached hydrogens (tertiary/aromatic N) is 3. The molecule has 1 aromatic carbocycles.